The van der Waals surface area contributed by atoms with Crippen molar-refractivity contribution < 1.29 is 9.59 Å². The highest BCUT2D eigenvalue weighted by atomic mass is 32.2. The Bertz CT molecular complexity index is 1070. The Morgan fingerprint density at radius 2 is 1.87 bits per heavy atom. The molecule has 0 bridgehead atoms. The van der Waals surface area contributed by atoms with Crippen molar-refractivity contribution in [2.75, 3.05) is 5.75 Å². The molecule has 2 amide bonds. The molecule has 1 heterocycles. The van der Waals surface area contributed by atoms with E-state index >= 15 is 0 Å². The van der Waals surface area contributed by atoms with Crippen molar-refractivity contribution in [3.05, 3.63) is 58.1 Å². The topological polar surface area (TPSA) is 103 Å². The summed E-state index contributed by atoms with van der Waals surface area (Å²) in [5.74, 6) is 0.293. The molecule has 0 saturated heterocycles. The lowest BCUT2D eigenvalue weighted by molar-refractivity contribution is -0.117. The normalized spacial score (nSPS) is 16.1. The Morgan fingerprint density at radius 3 is 2.60 bits per heavy atom. The number of aryl methyl sites for hydroxylation is 2. The van der Waals surface area contributed by atoms with Gasteiger partial charge in [0.05, 0.1) is 11.3 Å². The van der Waals surface area contributed by atoms with Crippen LogP contribution in [0.25, 0.3) is 5.69 Å². The number of allylic oxidation sites excluding steroid dienone is 1. The molecule has 0 aliphatic heterocycles. The van der Waals surface area contributed by atoms with Crippen molar-refractivity contribution >= 4 is 23.6 Å². The largest absolute Gasteiger partial charge is 0.366 e. The van der Waals surface area contributed by atoms with Crippen LogP contribution >= 0.6 is 11.8 Å². The molecule has 0 radical (unpaired) electrons. The van der Waals surface area contributed by atoms with Gasteiger partial charge in [-0.2, -0.15) is 0 Å². The summed E-state index contributed by atoms with van der Waals surface area (Å²) in [6.45, 7) is 3.92. The van der Waals surface area contributed by atoms with Crippen molar-refractivity contribution in [3.8, 4) is 5.69 Å². The van der Waals surface area contributed by atoms with Crippen molar-refractivity contribution in [1.29, 1.82) is 0 Å². The van der Waals surface area contributed by atoms with Gasteiger partial charge in [-0.25, -0.2) is 0 Å². The molecule has 0 atom stereocenters. The summed E-state index contributed by atoms with van der Waals surface area (Å²) in [5, 5.41) is 12.0. The lowest BCUT2D eigenvalue weighted by atomic mass is 9.91. The molecule has 2 aromatic rings. The zero-order valence-electron chi connectivity index (χ0n) is 17.2. The maximum Gasteiger partial charge on any atom is 0.250 e. The second-order valence-corrected chi connectivity index (χ2v) is 8.66. The Balaban J connectivity index is 1.46. The number of nitrogens with zero attached hydrogens (tertiary/aromatic N) is 3. The maximum atomic E-state index is 12.7. The molecule has 2 aliphatic carbocycles. The molecule has 0 fully saturated rings. The predicted molar refractivity (Wildman–Crippen MR) is 116 cm³/mol. The van der Waals surface area contributed by atoms with Gasteiger partial charge in [0.2, 0.25) is 5.91 Å². The first-order chi connectivity index (χ1) is 14.4. The van der Waals surface area contributed by atoms with Crippen LogP contribution < -0.4 is 11.1 Å². The number of thioether (sulfide) groups is 1. The molecule has 1 aromatic carbocycles. The van der Waals surface area contributed by atoms with Crippen LogP contribution in [0.2, 0.25) is 0 Å². The number of carbonyl (C=O) groups excluding carboxylic acids is 2. The van der Waals surface area contributed by atoms with Gasteiger partial charge in [-0.15, -0.1) is 10.2 Å². The van der Waals surface area contributed by atoms with Gasteiger partial charge < -0.3 is 11.1 Å². The summed E-state index contributed by atoms with van der Waals surface area (Å²) in [6.07, 6.45) is 4.62. The summed E-state index contributed by atoms with van der Waals surface area (Å²) >= 11 is 1.32. The van der Waals surface area contributed by atoms with Crippen LogP contribution in [0.3, 0.4) is 0 Å². The average Bonchev–Trinajstić information content (AvgIpc) is 3.27. The van der Waals surface area contributed by atoms with Gasteiger partial charge in [0.15, 0.2) is 5.16 Å². The smallest absolute Gasteiger partial charge is 0.250 e. The maximum absolute atomic E-state index is 12.7. The molecular formula is C22H25N5O2S. The first-order valence-electron chi connectivity index (χ1n) is 10.1. The SMILES string of the molecule is Cc1ccc(-n2c(C)nnc2SCC(=O)NC2=C(C(N)=O)C3=C(CCCC3)C2)cc1. The van der Waals surface area contributed by atoms with Crippen LogP contribution in [-0.2, 0) is 9.59 Å². The Hall–Kier alpha value is -2.87. The van der Waals surface area contributed by atoms with Gasteiger partial charge in [0.1, 0.15) is 5.82 Å². The molecule has 156 valence electrons. The van der Waals surface area contributed by atoms with E-state index < -0.39 is 5.91 Å². The molecule has 0 saturated carbocycles. The van der Waals surface area contributed by atoms with E-state index in [0.29, 0.717) is 22.8 Å². The lowest BCUT2D eigenvalue weighted by Crippen LogP contribution is -2.27. The third kappa shape index (κ3) is 4.05. The first kappa shape index (κ1) is 20.4. The van der Waals surface area contributed by atoms with Crippen LogP contribution in [0.5, 0.6) is 0 Å². The molecule has 1 aromatic heterocycles. The number of nitrogens with two attached hydrogens (primary N) is 1. The van der Waals surface area contributed by atoms with Crippen LogP contribution in [0, 0.1) is 13.8 Å². The van der Waals surface area contributed by atoms with Crippen LogP contribution in [0.15, 0.2) is 51.8 Å². The van der Waals surface area contributed by atoms with Gasteiger partial charge >= 0.3 is 0 Å². The zero-order valence-corrected chi connectivity index (χ0v) is 18.0. The van der Waals surface area contributed by atoms with E-state index in [0.717, 1.165) is 42.8 Å². The molecular weight excluding hydrogens is 398 g/mol. The summed E-state index contributed by atoms with van der Waals surface area (Å²) in [4.78, 5) is 24.7. The summed E-state index contributed by atoms with van der Waals surface area (Å²) in [6, 6.07) is 8.08. The van der Waals surface area contributed by atoms with E-state index in [9.17, 15) is 9.59 Å². The standard InChI is InChI=1S/C22H25N5O2S/c1-13-7-9-16(10-8-13)27-14(2)25-26-22(27)30-12-19(28)24-18-11-15-5-3-4-6-17(15)20(18)21(23)29/h7-10H,3-6,11-12H2,1-2H3,(H2,23,29)(H,24,28). The molecule has 8 heteroatoms. The highest BCUT2D eigenvalue weighted by Gasteiger charge is 2.30. The molecule has 0 unspecified atom stereocenters. The van der Waals surface area contributed by atoms with E-state index in [1.165, 1.54) is 22.9 Å². The van der Waals surface area contributed by atoms with Crippen LogP contribution in [0.4, 0.5) is 0 Å². The highest BCUT2D eigenvalue weighted by Crippen LogP contribution is 2.40. The number of rotatable bonds is 6. The quantitative estimate of drug-likeness (QED) is 0.695. The van der Waals surface area contributed by atoms with Gasteiger partial charge in [-0.05, 0) is 57.2 Å². The monoisotopic (exact) mass is 423 g/mol. The van der Waals surface area contributed by atoms with Crippen LogP contribution in [0.1, 0.15) is 43.5 Å². The fourth-order valence-corrected chi connectivity index (χ4v) is 4.91. The number of aromatic nitrogens is 3. The molecule has 3 N–H and O–H groups in total. The average molecular weight is 424 g/mol. The number of primary amides is 1. The number of hydrogen-bond donors (Lipinski definition) is 2. The Labute approximate surface area is 179 Å². The van der Waals surface area contributed by atoms with Gasteiger partial charge in [-0.1, -0.05) is 35.0 Å². The second-order valence-electron chi connectivity index (χ2n) is 7.72. The third-order valence-corrected chi connectivity index (χ3v) is 6.46. The van der Waals surface area contributed by atoms with Gasteiger partial charge in [0, 0.05) is 17.8 Å². The van der Waals surface area contributed by atoms with E-state index in [2.05, 4.69) is 15.5 Å². The van der Waals surface area contributed by atoms with E-state index in [4.69, 9.17) is 5.73 Å². The number of nitrogens with one attached hydrogen (secondary N) is 1. The fraction of sp³-hybridized carbons (Fsp3) is 0.364. The predicted octanol–water partition coefficient (Wildman–Crippen LogP) is 3.11. The van der Waals surface area contributed by atoms with E-state index in [1.54, 1.807) is 0 Å². The Morgan fingerprint density at radius 1 is 1.13 bits per heavy atom. The molecule has 2 aliphatic rings. The first-order valence-corrected chi connectivity index (χ1v) is 11.1. The van der Waals surface area contributed by atoms with Crippen LogP contribution in [-0.4, -0.2) is 32.3 Å². The van der Waals surface area contributed by atoms with E-state index in [1.807, 2.05) is 42.7 Å². The van der Waals surface area contributed by atoms with Gasteiger partial charge in [0.25, 0.3) is 5.91 Å². The third-order valence-electron chi connectivity index (χ3n) is 5.53. The molecule has 4 rings (SSSR count). The second kappa shape index (κ2) is 8.47. The summed E-state index contributed by atoms with van der Waals surface area (Å²) in [7, 11) is 0. The van der Waals surface area contributed by atoms with E-state index in [-0.39, 0.29) is 11.7 Å². The fourth-order valence-electron chi connectivity index (χ4n) is 4.11. The number of carbonyl (C=O) groups is 2. The molecule has 7 nitrogen and oxygen atoms in total. The minimum absolute atomic E-state index is 0.171. The molecule has 30 heavy (non-hydrogen) atoms. The van der Waals surface area contributed by atoms with Crippen molar-refractivity contribution in [3.63, 3.8) is 0 Å². The zero-order chi connectivity index (χ0) is 21.3. The number of hydrogen-bond acceptors (Lipinski definition) is 5. The minimum atomic E-state index is -0.459. The highest BCUT2D eigenvalue weighted by molar-refractivity contribution is 7.99. The molecule has 0 spiro atoms. The summed E-state index contributed by atoms with van der Waals surface area (Å²) < 4.78 is 1.93. The number of benzene rings is 1. The summed E-state index contributed by atoms with van der Waals surface area (Å²) in [5.41, 5.74) is 11.2. The van der Waals surface area contributed by atoms with Crippen molar-refractivity contribution in [2.45, 2.75) is 51.1 Å². The van der Waals surface area contributed by atoms with Gasteiger partial charge in [-0.3, -0.25) is 14.2 Å². The Kier molecular flexibility index (Phi) is 5.76. The lowest BCUT2D eigenvalue weighted by Gasteiger charge is -2.14. The van der Waals surface area contributed by atoms with Crippen molar-refractivity contribution in [1.82, 2.24) is 20.1 Å². The number of amides is 2. The van der Waals surface area contributed by atoms with Crippen molar-refractivity contribution in [2.24, 2.45) is 5.73 Å². The minimum Gasteiger partial charge on any atom is -0.366 e.